The molecule has 0 unspecified atom stereocenters. The van der Waals surface area contributed by atoms with E-state index in [4.69, 9.17) is 21.4 Å². The molecule has 1 aromatic carbocycles. The minimum atomic E-state index is -0.948. The highest BCUT2D eigenvalue weighted by molar-refractivity contribution is 6.30. The Balaban J connectivity index is 1.80. The van der Waals surface area contributed by atoms with Gasteiger partial charge in [0.05, 0.1) is 6.10 Å². The Morgan fingerprint density at radius 3 is 2.75 bits per heavy atom. The second-order valence-corrected chi connectivity index (χ2v) is 5.35. The van der Waals surface area contributed by atoms with Gasteiger partial charge in [0.25, 0.3) is 0 Å². The van der Waals surface area contributed by atoms with Crippen molar-refractivity contribution in [3.05, 3.63) is 34.6 Å². The molecule has 0 spiro atoms. The maximum absolute atomic E-state index is 13.7. The molecule has 0 atom stereocenters. The van der Waals surface area contributed by atoms with Gasteiger partial charge in [0, 0.05) is 30.2 Å². The third kappa shape index (κ3) is 4.44. The molecule has 0 amide bonds. The fraction of sp³-hybridized carbons (Fsp3) is 0.500. The van der Waals surface area contributed by atoms with Crippen molar-refractivity contribution in [1.82, 2.24) is 4.90 Å². The average molecular weight is 302 g/mol. The van der Waals surface area contributed by atoms with Gasteiger partial charge in [0.1, 0.15) is 12.4 Å². The summed E-state index contributed by atoms with van der Waals surface area (Å²) in [4.78, 5) is 12.6. The van der Waals surface area contributed by atoms with Gasteiger partial charge in [-0.05, 0) is 25.0 Å². The van der Waals surface area contributed by atoms with Crippen molar-refractivity contribution in [1.29, 1.82) is 0 Å². The van der Waals surface area contributed by atoms with Crippen LogP contribution in [0, 0.1) is 5.82 Å². The normalized spacial score (nSPS) is 17.3. The Morgan fingerprint density at radius 2 is 2.15 bits per heavy atom. The van der Waals surface area contributed by atoms with Crippen LogP contribution in [-0.2, 0) is 16.1 Å². The molecule has 0 aromatic heterocycles. The molecule has 4 nitrogen and oxygen atoms in total. The van der Waals surface area contributed by atoms with Crippen LogP contribution in [0.15, 0.2) is 18.2 Å². The second kappa shape index (κ2) is 7.02. The zero-order chi connectivity index (χ0) is 14.5. The Labute approximate surface area is 122 Å². The molecule has 1 fully saturated rings. The average Bonchev–Trinajstić information content (AvgIpc) is 2.41. The first-order valence-electron chi connectivity index (χ1n) is 6.54. The zero-order valence-corrected chi connectivity index (χ0v) is 11.8. The number of hydrogen-bond acceptors (Lipinski definition) is 3. The van der Waals surface area contributed by atoms with Gasteiger partial charge in [-0.2, -0.15) is 0 Å². The molecule has 20 heavy (non-hydrogen) atoms. The molecule has 0 aliphatic carbocycles. The van der Waals surface area contributed by atoms with Gasteiger partial charge in [0.2, 0.25) is 0 Å². The summed E-state index contributed by atoms with van der Waals surface area (Å²) in [6.07, 6.45) is 1.52. The van der Waals surface area contributed by atoms with E-state index in [1.807, 2.05) is 0 Å². The van der Waals surface area contributed by atoms with Gasteiger partial charge >= 0.3 is 5.97 Å². The molecule has 1 aliphatic rings. The number of carbonyl (C=O) groups is 1. The maximum Gasteiger partial charge on any atom is 0.329 e. The Kier molecular flexibility index (Phi) is 5.34. The van der Waals surface area contributed by atoms with Gasteiger partial charge in [-0.15, -0.1) is 0 Å². The molecule has 1 N–H and O–H groups in total. The third-order valence-electron chi connectivity index (χ3n) is 3.39. The lowest BCUT2D eigenvalue weighted by Gasteiger charge is -2.31. The van der Waals surface area contributed by atoms with Gasteiger partial charge in [0.15, 0.2) is 0 Å². The molecule has 6 heteroatoms. The quantitative estimate of drug-likeness (QED) is 0.908. The summed E-state index contributed by atoms with van der Waals surface area (Å²) in [5, 5.41) is 8.95. The van der Waals surface area contributed by atoms with Crippen molar-refractivity contribution in [2.24, 2.45) is 0 Å². The van der Waals surface area contributed by atoms with Crippen LogP contribution >= 0.6 is 11.6 Å². The van der Waals surface area contributed by atoms with Crippen LogP contribution in [0.1, 0.15) is 18.4 Å². The van der Waals surface area contributed by atoms with Crippen LogP contribution in [-0.4, -0.2) is 41.8 Å². The lowest BCUT2D eigenvalue weighted by atomic mass is 10.1. The van der Waals surface area contributed by atoms with Crippen LogP contribution in [0.25, 0.3) is 0 Å². The number of likely N-dealkylation sites (tertiary alicyclic amines) is 1. The van der Waals surface area contributed by atoms with Crippen LogP contribution in [0.5, 0.6) is 0 Å². The zero-order valence-electron chi connectivity index (χ0n) is 11.0. The monoisotopic (exact) mass is 301 g/mol. The molecule has 0 radical (unpaired) electrons. The predicted octanol–water partition coefficient (Wildman–Crippen LogP) is 2.54. The van der Waals surface area contributed by atoms with Crippen molar-refractivity contribution < 1.29 is 19.0 Å². The van der Waals surface area contributed by atoms with Crippen LogP contribution in [0.4, 0.5) is 4.39 Å². The number of rotatable bonds is 5. The number of piperidine rings is 1. The summed E-state index contributed by atoms with van der Waals surface area (Å²) in [5.41, 5.74) is 0.624. The molecule has 110 valence electrons. The number of aliphatic carboxylic acids is 1. The van der Waals surface area contributed by atoms with Gasteiger partial charge in [-0.3, -0.25) is 4.90 Å². The summed E-state index contributed by atoms with van der Waals surface area (Å²) >= 11 is 5.72. The smallest absolute Gasteiger partial charge is 0.329 e. The fourth-order valence-corrected chi connectivity index (χ4v) is 2.47. The van der Waals surface area contributed by atoms with E-state index in [0.717, 1.165) is 25.9 Å². The van der Waals surface area contributed by atoms with Crippen molar-refractivity contribution in [3.8, 4) is 0 Å². The van der Waals surface area contributed by atoms with E-state index in [0.29, 0.717) is 17.1 Å². The SMILES string of the molecule is O=C(O)COC1CCN(Cc2ccc(Cl)cc2F)CC1. The number of carboxylic acids is 1. The molecule has 2 rings (SSSR count). The predicted molar refractivity (Wildman–Crippen MR) is 73.3 cm³/mol. The minimum Gasteiger partial charge on any atom is -0.480 e. The van der Waals surface area contributed by atoms with E-state index in [-0.39, 0.29) is 18.5 Å². The highest BCUT2D eigenvalue weighted by Gasteiger charge is 2.21. The topological polar surface area (TPSA) is 49.8 Å². The number of benzene rings is 1. The van der Waals surface area contributed by atoms with E-state index in [1.165, 1.54) is 6.07 Å². The first-order chi connectivity index (χ1) is 9.54. The fourth-order valence-electron chi connectivity index (χ4n) is 2.31. The number of hydrogen-bond donors (Lipinski definition) is 1. The molecular formula is C14H17ClFNO3. The van der Waals surface area contributed by atoms with E-state index >= 15 is 0 Å². The van der Waals surface area contributed by atoms with Crippen molar-refractivity contribution in [3.63, 3.8) is 0 Å². The van der Waals surface area contributed by atoms with Crippen LogP contribution in [0.2, 0.25) is 5.02 Å². The van der Waals surface area contributed by atoms with E-state index < -0.39 is 5.97 Å². The molecule has 1 aliphatic heterocycles. The van der Waals surface area contributed by atoms with Crippen molar-refractivity contribution in [2.75, 3.05) is 19.7 Å². The van der Waals surface area contributed by atoms with Gasteiger partial charge in [-0.1, -0.05) is 17.7 Å². The third-order valence-corrected chi connectivity index (χ3v) is 3.62. The molecule has 0 bridgehead atoms. The Hall–Kier alpha value is -1.17. The molecular weight excluding hydrogens is 285 g/mol. The van der Waals surface area contributed by atoms with Gasteiger partial charge in [-0.25, -0.2) is 9.18 Å². The first kappa shape index (κ1) is 15.2. The Bertz CT molecular complexity index is 475. The number of nitrogens with zero attached hydrogens (tertiary/aromatic N) is 1. The Morgan fingerprint density at radius 1 is 1.45 bits per heavy atom. The van der Waals surface area contributed by atoms with E-state index in [2.05, 4.69) is 4.90 Å². The summed E-state index contributed by atoms with van der Waals surface area (Å²) in [6, 6.07) is 4.70. The number of ether oxygens (including phenoxy) is 1. The molecule has 1 saturated heterocycles. The highest BCUT2D eigenvalue weighted by Crippen LogP contribution is 2.19. The number of carboxylic acid groups (broad SMARTS) is 1. The standard InChI is InChI=1S/C14H17ClFNO3/c15-11-2-1-10(13(16)7-11)8-17-5-3-12(4-6-17)20-9-14(18)19/h1-2,7,12H,3-6,8-9H2,(H,18,19). The summed E-state index contributed by atoms with van der Waals surface area (Å²) in [7, 11) is 0. The lowest BCUT2D eigenvalue weighted by Crippen LogP contribution is -2.37. The molecule has 0 saturated carbocycles. The summed E-state index contributed by atoms with van der Waals surface area (Å²) < 4.78 is 19.0. The van der Waals surface area contributed by atoms with Crippen molar-refractivity contribution in [2.45, 2.75) is 25.5 Å². The van der Waals surface area contributed by atoms with E-state index in [9.17, 15) is 9.18 Å². The summed E-state index contributed by atoms with van der Waals surface area (Å²) in [5.74, 6) is -1.24. The minimum absolute atomic E-state index is 0.0163. The second-order valence-electron chi connectivity index (χ2n) is 4.92. The first-order valence-corrected chi connectivity index (χ1v) is 6.92. The van der Waals surface area contributed by atoms with Crippen molar-refractivity contribution >= 4 is 17.6 Å². The molecule has 1 heterocycles. The number of halogens is 2. The van der Waals surface area contributed by atoms with Crippen LogP contribution < -0.4 is 0 Å². The summed E-state index contributed by atoms with van der Waals surface area (Å²) in [6.45, 7) is 1.82. The highest BCUT2D eigenvalue weighted by atomic mass is 35.5. The largest absolute Gasteiger partial charge is 0.480 e. The van der Waals surface area contributed by atoms with Crippen LogP contribution in [0.3, 0.4) is 0 Å². The maximum atomic E-state index is 13.7. The van der Waals surface area contributed by atoms with E-state index in [1.54, 1.807) is 12.1 Å². The molecule has 1 aromatic rings. The lowest BCUT2D eigenvalue weighted by molar-refractivity contribution is -0.145. The van der Waals surface area contributed by atoms with Gasteiger partial charge < -0.3 is 9.84 Å².